The minimum absolute atomic E-state index is 0.0257. The molecule has 2 aliphatic rings. The fourth-order valence-electron chi connectivity index (χ4n) is 3.31. The van der Waals surface area contributed by atoms with Gasteiger partial charge in [-0.05, 0) is 30.8 Å². The molecule has 174 valence electrons. The average molecular weight is 456 g/mol. The lowest BCUT2D eigenvalue weighted by molar-refractivity contribution is -0.122. The van der Waals surface area contributed by atoms with Crippen LogP contribution in [0.1, 0.15) is 6.92 Å². The third-order valence-electron chi connectivity index (χ3n) is 4.89. The van der Waals surface area contributed by atoms with Crippen molar-refractivity contribution in [3.8, 4) is 23.0 Å². The smallest absolute Gasteiger partial charge is 0.325 e. The second kappa shape index (κ2) is 10.1. The minimum atomic E-state index is -0.685. The highest BCUT2D eigenvalue weighted by Gasteiger charge is 2.18. The molecule has 2 aromatic carbocycles. The number of nitrogens with one attached hydrogen (secondary N) is 3. The number of urea groups is 1. The highest BCUT2D eigenvalue weighted by atomic mass is 16.7. The van der Waals surface area contributed by atoms with E-state index in [0.717, 1.165) is 0 Å². The van der Waals surface area contributed by atoms with Crippen LogP contribution in [-0.4, -0.2) is 62.4 Å². The molecule has 0 bridgehead atoms. The number of carbonyl (C=O) groups is 3. The van der Waals surface area contributed by atoms with E-state index in [1.165, 1.54) is 0 Å². The molecule has 0 radical (unpaired) electrons. The summed E-state index contributed by atoms with van der Waals surface area (Å²) in [5.74, 6) is 1.46. The van der Waals surface area contributed by atoms with Gasteiger partial charge in [-0.2, -0.15) is 0 Å². The van der Waals surface area contributed by atoms with Crippen molar-refractivity contribution in [3.63, 3.8) is 0 Å². The normalized spacial score (nSPS) is 13.4. The fourth-order valence-corrected chi connectivity index (χ4v) is 3.31. The maximum atomic E-state index is 12.4. The molecule has 33 heavy (non-hydrogen) atoms. The van der Waals surface area contributed by atoms with Gasteiger partial charge in [-0.15, -0.1) is 0 Å². The third kappa shape index (κ3) is 5.83. The van der Waals surface area contributed by atoms with Crippen molar-refractivity contribution in [3.05, 3.63) is 36.4 Å². The van der Waals surface area contributed by atoms with Crippen molar-refractivity contribution in [1.82, 2.24) is 10.2 Å². The van der Waals surface area contributed by atoms with Crippen molar-refractivity contribution >= 4 is 29.2 Å². The Kier molecular flexibility index (Phi) is 6.79. The van der Waals surface area contributed by atoms with Crippen LogP contribution in [0.25, 0.3) is 0 Å². The largest absolute Gasteiger partial charge is 0.486 e. The number of hydrogen-bond acceptors (Lipinski definition) is 8. The summed E-state index contributed by atoms with van der Waals surface area (Å²) < 4.78 is 21.4. The summed E-state index contributed by atoms with van der Waals surface area (Å²) >= 11 is 0. The van der Waals surface area contributed by atoms with Gasteiger partial charge in [0.05, 0.1) is 13.1 Å². The molecule has 2 aliphatic heterocycles. The molecule has 11 nitrogen and oxygen atoms in total. The highest BCUT2D eigenvalue weighted by molar-refractivity contribution is 6.02. The van der Waals surface area contributed by atoms with Crippen LogP contribution in [0, 0.1) is 0 Å². The Morgan fingerprint density at radius 2 is 1.36 bits per heavy atom. The molecule has 2 heterocycles. The van der Waals surface area contributed by atoms with Crippen LogP contribution in [0.5, 0.6) is 23.0 Å². The summed E-state index contributed by atoms with van der Waals surface area (Å²) in [6.45, 7) is 3.16. The SMILES string of the molecule is CCN(CC(=O)NC(=O)Nc1ccc2c(c1)OCO2)CC(=O)Nc1ccc2c(c1)OCCO2. The van der Waals surface area contributed by atoms with E-state index in [0.29, 0.717) is 54.1 Å². The number of nitrogens with zero attached hydrogens (tertiary/aromatic N) is 1. The summed E-state index contributed by atoms with van der Waals surface area (Å²) in [6.07, 6.45) is 0. The van der Waals surface area contributed by atoms with E-state index >= 15 is 0 Å². The lowest BCUT2D eigenvalue weighted by atomic mass is 10.2. The maximum Gasteiger partial charge on any atom is 0.325 e. The van der Waals surface area contributed by atoms with E-state index in [4.69, 9.17) is 18.9 Å². The molecule has 0 aliphatic carbocycles. The molecule has 0 atom stereocenters. The van der Waals surface area contributed by atoms with Gasteiger partial charge in [-0.1, -0.05) is 6.92 Å². The van der Waals surface area contributed by atoms with Crippen molar-refractivity contribution < 1.29 is 33.3 Å². The van der Waals surface area contributed by atoms with E-state index in [2.05, 4.69) is 16.0 Å². The summed E-state index contributed by atoms with van der Waals surface area (Å²) in [7, 11) is 0. The minimum Gasteiger partial charge on any atom is -0.486 e. The lowest BCUT2D eigenvalue weighted by Gasteiger charge is -2.20. The molecule has 2 aromatic rings. The maximum absolute atomic E-state index is 12.4. The van der Waals surface area contributed by atoms with Gasteiger partial charge in [0, 0.05) is 23.5 Å². The summed E-state index contributed by atoms with van der Waals surface area (Å²) in [5, 5.41) is 7.59. The number of rotatable bonds is 7. The Bertz CT molecular complexity index is 1060. The van der Waals surface area contributed by atoms with Crippen molar-refractivity contribution in [2.75, 3.05) is 50.3 Å². The Morgan fingerprint density at radius 3 is 2.09 bits per heavy atom. The second-order valence-electron chi connectivity index (χ2n) is 7.28. The Hall–Kier alpha value is -3.99. The first-order valence-corrected chi connectivity index (χ1v) is 10.4. The quantitative estimate of drug-likeness (QED) is 0.576. The van der Waals surface area contributed by atoms with Gasteiger partial charge < -0.3 is 29.6 Å². The molecule has 3 N–H and O–H groups in total. The van der Waals surface area contributed by atoms with Gasteiger partial charge in [0.15, 0.2) is 23.0 Å². The van der Waals surface area contributed by atoms with Crippen LogP contribution in [0.3, 0.4) is 0 Å². The average Bonchev–Trinajstić information content (AvgIpc) is 3.26. The van der Waals surface area contributed by atoms with Crippen LogP contribution in [0.2, 0.25) is 0 Å². The molecule has 0 fully saturated rings. The van der Waals surface area contributed by atoms with E-state index in [-0.39, 0.29) is 25.8 Å². The summed E-state index contributed by atoms with van der Waals surface area (Å²) in [6, 6.07) is 9.36. The number of imide groups is 1. The molecule has 4 rings (SSSR count). The first-order chi connectivity index (χ1) is 16.0. The molecular formula is C22H24N4O7. The molecular weight excluding hydrogens is 432 g/mol. The van der Waals surface area contributed by atoms with Gasteiger partial charge in [0.2, 0.25) is 18.6 Å². The Morgan fingerprint density at radius 1 is 0.788 bits per heavy atom. The fraction of sp³-hybridized carbons (Fsp3) is 0.318. The van der Waals surface area contributed by atoms with Crippen LogP contribution < -0.4 is 34.9 Å². The molecule has 4 amide bonds. The number of fused-ring (bicyclic) bond motifs is 2. The highest BCUT2D eigenvalue weighted by Crippen LogP contribution is 2.34. The van der Waals surface area contributed by atoms with Crippen LogP contribution in [0.4, 0.5) is 16.2 Å². The number of carbonyl (C=O) groups excluding carboxylic acids is 3. The van der Waals surface area contributed by atoms with E-state index in [9.17, 15) is 14.4 Å². The molecule has 0 unspecified atom stereocenters. The molecule has 11 heteroatoms. The Labute approximate surface area is 189 Å². The number of likely N-dealkylation sites (N-methyl/N-ethyl adjacent to an activating group) is 1. The zero-order valence-electron chi connectivity index (χ0n) is 18.0. The third-order valence-corrected chi connectivity index (χ3v) is 4.89. The van der Waals surface area contributed by atoms with E-state index in [1.807, 2.05) is 6.92 Å². The number of ether oxygens (including phenoxy) is 4. The zero-order chi connectivity index (χ0) is 23.2. The predicted molar refractivity (Wildman–Crippen MR) is 118 cm³/mol. The number of amides is 4. The van der Waals surface area contributed by atoms with Gasteiger partial charge in [-0.25, -0.2) is 4.79 Å². The summed E-state index contributed by atoms with van der Waals surface area (Å²) in [5.41, 5.74) is 1.02. The zero-order valence-corrected chi connectivity index (χ0v) is 18.0. The van der Waals surface area contributed by atoms with Crippen LogP contribution in [0.15, 0.2) is 36.4 Å². The standard InChI is InChI=1S/C22H24N4O7/c1-2-26(11-20(27)23-14-3-5-16-18(9-14)31-8-7-30-16)12-21(28)25-22(29)24-15-4-6-17-19(10-15)33-13-32-17/h3-6,9-10H,2,7-8,11-13H2,1H3,(H,23,27)(H2,24,25,28,29). The van der Waals surface area contributed by atoms with Gasteiger partial charge in [0.1, 0.15) is 13.2 Å². The van der Waals surface area contributed by atoms with Crippen molar-refractivity contribution in [1.29, 1.82) is 0 Å². The first kappa shape index (κ1) is 22.2. The lowest BCUT2D eigenvalue weighted by Crippen LogP contribution is -2.44. The number of benzene rings is 2. The van der Waals surface area contributed by atoms with E-state index in [1.54, 1.807) is 41.3 Å². The van der Waals surface area contributed by atoms with Gasteiger partial charge in [-0.3, -0.25) is 19.8 Å². The van der Waals surface area contributed by atoms with Crippen molar-refractivity contribution in [2.45, 2.75) is 6.92 Å². The number of hydrogen-bond donors (Lipinski definition) is 3. The van der Waals surface area contributed by atoms with Crippen molar-refractivity contribution in [2.24, 2.45) is 0 Å². The molecule has 0 saturated heterocycles. The topological polar surface area (TPSA) is 127 Å². The molecule has 0 aromatic heterocycles. The van der Waals surface area contributed by atoms with E-state index < -0.39 is 11.9 Å². The van der Waals surface area contributed by atoms with Crippen LogP contribution >= 0.6 is 0 Å². The predicted octanol–water partition coefficient (Wildman–Crippen LogP) is 1.80. The molecule has 0 saturated carbocycles. The summed E-state index contributed by atoms with van der Waals surface area (Å²) in [4.78, 5) is 38.5. The Balaban J connectivity index is 1.24. The molecule has 0 spiro atoms. The van der Waals surface area contributed by atoms with Gasteiger partial charge in [0.25, 0.3) is 0 Å². The second-order valence-corrected chi connectivity index (χ2v) is 7.28. The first-order valence-electron chi connectivity index (χ1n) is 10.4. The van der Waals surface area contributed by atoms with Crippen LogP contribution in [-0.2, 0) is 9.59 Å². The van der Waals surface area contributed by atoms with Gasteiger partial charge >= 0.3 is 6.03 Å². The number of anilines is 2. The monoisotopic (exact) mass is 456 g/mol.